The van der Waals surface area contributed by atoms with Gasteiger partial charge in [-0.1, -0.05) is 72.1 Å². The van der Waals surface area contributed by atoms with Gasteiger partial charge in [0.25, 0.3) is 0 Å². The Labute approximate surface area is 236 Å². The smallest absolute Gasteiger partial charge is 0.0968 e. The molecule has 2 aromatic heterocycles. The first-order valence-corrected chi connectivity index (χ1v) is 16.4. The summed E-state index contributed by atoms with van der Waals surface area (Å²) >= 11 is 0. The van der Waals surface area contributed by atoms with Crippen molar-refractivity contribution >= 4 is 21.8 Å². The summed E-state index contributed by atoms with van der Waals surface area (Å²) < 4.78 is 0. The van der Waals surface area contributed by atoms with Crippen molar-refractivity contribution in [3.8, 4) is 0 Å². The number of pyridine rings is 2. The standard InChI is InChI=1S/C37H50N2/c1-23(2)8-6-9-24(3)30-15-16-31-29-14-13-28-21-27-20-26-12-11-25-10-7-19-38-34(25)35(26)39-33(27)22-37(28,5)32(29)17-18-36(30,31)4/h7,10-12,19-20,23-24,28-32H,6,8-9,13-18,21-22H2,1-5H3/t24-,28-,29+,30-,31+,32+,36-,37+/m1/s1. The Hall–Kier alpha value is -1.96. The summed E-state index contributed by atoms with van der Waals surface area (Å²) in [5.41, 5.74) is 6.07. The van der Waals surface area contributed by atoms with E-state index in [9.17, 15) is 0 Å². The van der Waals surface area contributed by atoms with E-state index in [-0.39, 0.29) is 0 Å². The number of rotatable bonds is 5. The minimum Gasteiger partial charge on any atom is -0.254 e. The van der Waals surface area contributed by atoms with Gasteiger partial charge in [0.15, 0.2) is 0 Å². The van der Waals surface area contributed by atoms with Gasteiger partial charge < -0.3 is 0 Å². The molecule has 0 amide bonds. The molecule has 3 saturated carbocycles. The Morgan fingerprint density at radius 2 is 1.69 bits per heavy atom. The summed E-state index contributed by atoms with van der Waals surface area (Å²) in [5, 5.41) is 2.47. The fourth-order valence-corrected chi connectivity index (χ4v) is 11.0. The SMILES string of the molecule is CC(C)CCC[C@@H](C)[C@H]1CC[C@H]2[C@@H]3CC[C@@H]4Cc5cc6ccc7cccnc7c6nc5C[C@]4(C)[C@H]3CC[C@]12C. The lowest BCUT2D eigenvalue weighted by Crippen LogP contribution is -2.54. The third-order valence-electron chi connectivity index (χ3n) is 13.0. The van der Waals surface area contributed by atoms with Gasteiger partial charge in [-0.3, -0.25) is 9.97 Å². The van der Waals surface area contributed by atoms with Crippen molar-refractivity contribution in [2.45, 2.75) is 105 Å². The molecule has 7 rings (SSSR count). The normalized spacial score (nSPS) is 36.4. The van der Waals surface area contributed by atoms with Gasteiger partial charge in [0.05, 0.1) is 11.0 Å². The highest BCUT2D eigenvalue weighted by Gasteiger charge is 2.60. The van der Waals surface area contributed by atoms with Gasteiger partial charge in [-0.25, -0.2) is 0 Å². The van der Waals surface area contributed by atoms with E-state index in [0.29, 0.717) is 10.8 Å². The molecule has 0 aliphatic heterocycles. The molecule has 2 nitrogen and oxygen atoms in total. The van der Waals surface area contributed by atoms with Crippen LogP contribution < -0.4 is 0 Å². The summed E-state index contributed by atoms with van der Waals surface area (Å²) in [5.74, 6) is 6.26. The molecule has 4 aliphatic rings. The second-order valence-electron chi connectivity index (χ2n) is 15.4. The van der Waals surface area contributed by atoms with E-state index < -0.39 is 0 Å². The van der Waals surface area contributed by atoms with Crippen molar-refractivity contribution in [3.63, 3.8) is 0 Å². The van der Waals surface area contributed by atoms with Crippen LogP contribution in [0.15, 0.2) is 36.5 Å². The van der Waals surface area contributed by atoms with Crippen LogP contribution in [0.2, 0.25) is 0 Å². The average Bonchev–Trinajstić information content (AvgIpc) is 3.28. The van der Waals surface area contributed by atoms with Crippen LogP contribution in [-0.2, 0) is 12.8 Å². The van der Waals surface area contributed by atoms with Gasteiger partial charge in [0, 0.05) is 22.7 Å². The maximum absolute atomic E-state index is 5.41. The quantitative estimate of drug-likeness (QED) is 0.312. The first kappa shape index (κ1) is 26.0. The predicted octanol–water partition coefficient (Wildman–Crippen LogP) is 9.82. The van der Waals surface area contributed by atoms with E-state index in [1.54, 1.807) is 0 Å². The summed E-state index contributed by atoms with van der Waals surface area (Å²) in [6.45, 7) is 12.8. The van der Waals surface area contributed by atoms with Crippen LogP contribution in [0.3, 0.4) is 0 Å². The van der Waals surface area contributed by atoms with Crippen LogP contribution >= 0.6 is 0 Å². The number of aromatic nitrogens is 2. The number of nitrogens with zero attached hydrogens (tertiary/aromatic N) is 2. The molecular weight excluding hydrogens is 472 g/mol. The number of hydrogen-bond acceptors (Lipinski definition) is 2. The molecule has 0 spiro atoms. The molecule has 2 heterocycles. The van der Waals surface area contributed by atoms with E-state index in [0.717, 1.165) is 52.5 Å². The van der Waals surface area contributed by atoms with Crippen LogP contribution in [-0.4, -0.2) is 9.97 Å². The Bertz CT molecular complexity index is 1370. The van der Waals surface area contributed by atoms with Crippen molar-refractivity contribution in [2.24, 2.45) is 52.3 Å². The molecule has 0 bridgehead atoms. The van der Waals surface area contributed by atoms with Crippen molar-refractivity contribution in [1.29, 1.82) is 0 Å². The lowest BCUT2D eigenvalue weighted by Gasteiger charge is -2.60. The highest BCUT2D eigenvalue weighted by Crippen LogP contribution is 2.68. The number of fused-ring (bicyclic) bond motifs is 9. The molecule has 8 atom stereocenters. The van der Waals surface area contributed by atoms with Crippen molar-refractivity contribution < 1.29 is 0 Å². The summed E-state index contributed by atoms with van der Waals surface area (Å²) in [4.78, 5) is 10.2. The highest BCUT2D eigenvalue weighted by molar-refractivity contribution is 6.02. The predicted molar refractivity (Wildman–Crippen MR) is 164 cm³/mol. The Kier molecular flexibility index (Phi) is 6.37. The van der Waals surface area contributed by atoms with Crippen molar-refractivity contribution in [2.75, 3.05) is 0 Å². The maximum Gasteiger partial charge on any atom is 0.0968 e. The molecule has 4 aliphatic carbocycles. The zero-order valence-corrected chi connectivity index (χ0v) is 25.2. The second kappa shape index (κ2) is 9.56. The monoisotopic (exact) mass is 522 g/mol. The minimum atomic E-state index is 0.400. The molecular formula is C37H50N2. The van der Waals surface area contributed by atoms with Crippen LogP contribution in [0.5, 0.6) is 0 Å². The summed E-state index contributed by atoms with van der Waals surface area (Å²) in [6.07, 6.45) is 17.4. The molecule has 0 radical (unpaired) electrons. The third kappa shape index (κ3) is 4.09. The van der Waals surface area contributed by atoms with Crippen LogP contribution in [0, 0.1) is 52.3 Å². The lowest BCUT2D eigenvalue weighted by molar-refractivity contribution is -0.104. The van der Waals surface area contributed by atoms with Gasteiger partial charge in [-0.2, -0.15) is 0 Å². The molecule has 0 saturated heterocycles. The number of benzene rings is 1. The zero-order chi connectivity index (χ0) is 26.9. The average molecular weight is 523 g/mol. The van der Waals surface area contributed by atoms with Gasteiger partial charge in [0.2, 0.25) is 0 Å². The molecule has 0 N–H and O–H groups in total. The van der Waals surface area contributed by atoms with Crippen molar-refractivity contribution in [3.05, 3.63) is 47.8 Å². The molecule has 1 aromatic carbocycles. The summed E-state index contributed by atoms with van der Waals surface area (Å²) in [7, 11) is 0. The fourth-order valence-electron chi connectivity index (χ4n) is 11.0. The minimum absolute atomic E-state index is 0.400. The van der Waals surface area contributed by atoms with Crippen LogP contribution in [0.25, 0.3) is 21.8 Å². The van der Waals surface area contributed by atoms with Gasteiger partial charge in [-0.05, 0) is 121 Å². The van der Waals surface area contributed by atoms with Gasteiger partial charge in [-0.15, -0.1) is 0 Å². The largest absolute Gasteiger partial charge is 0.254 e. The van der Waals surface area contributed by atoms with Crippen LogP contribution in [0.4, 0.5) is 0 Å². The molecule has 39 heavy (non-hydrogen) atoms. The lowest BCUT2D eigenvalue weighted by atomic mass is 9.44. The molecule has 208 valence electrons. The van der Waals surface area contributed by atoms with E-state index in [1.807, 2.05) is 12.3 Å². The fraction of sp³-hybridized carbons (Fsp3) is 0.676. The molecule has 3 fully saturated rings. The second-order valence-corrected chi connectivity index (χ2v) is 15.4. The van der Waals surface area contributed by atoms with Gasteiger partial charge in [0.1, 0.15) is 0 Å². The van der Waals surface area contributed by atoms with E-state index in [4.69, 9.17) is 9.97 Å². The van der Waals surface area contributed by atoms with E-state index in [1.165, 1.54) is 92.7 Å². The zero-order valence-electron chi connectivity index (χ0n) is 25.2. The Morgan fingerprint density at radius 3 is 2.54 bits per heavy atom. The Morgan fingerprint density at radius 1 is 0.872 bits per heavy atom. The van der Waals surface area contributed by atoms with E-state index in [2.05, 4.69) is 58.9 Å². The summed E-state index contributed by atoms with van der Waals surface area (Å²) in [6, 6.07) is 11.2. The molecule has 3 aromatic rings. The van der Waals surface area contributed by atoms with Crippen molar-refractivity contribution in [1.82, 2.24) is 9.97 Å². The highest BCUT2D eigenvalue weighted by atomic mass is 14.8. The van der Waals surface area contributed by atoms with E-state index >= 15 is 0 Å². The topological polar surface area (TPSA) is 25.8 Å². The first-order chi connectivity index (χ1) is 18.8. The van der Waals surface area contributed by atoms with Gasteiger partial charge >= 0.3 is 0 Å². The molecule has 0 unspecified atom stereocenters. The third-order valence-corrected chi connectivity index (χ3v) is 13.0. The first-order valence-electron chi connectivity index (χ1n) is 16.4. The Balaban J connectivity index is 1.16. The van der Waals surface area contributed by atoms with Crippen LogP contribution in [0.1, 0.15) is 104 Å². The number of hydrogen-bond donors (Lipinski definition) is 0. The maximum atomic E-state index is 5.41. The molecule has 2 heteroatoms.